The van der Waals surface area contributed by atoms with Gasteiger partial charge in [-0.2, -0.15) is 0 Å². The van der Waals surface area contributed by atoms with E-state index in [9.17, 15) is 4.39 Å². The van der Waals surface area contributed by atoms with Crippen LogP contribution in [-0.2, 0) is 12.8 Å². The molecule has 1 aromatic heterocycles. The van der Waals surface area contributed by atoms with Gasteiger partial charge in [0.15, 0.2) is 0 Å². The third kappa shape index (κ3) is 3.01. The Morgan fingerprint density at radius 2 is 2.10 bits per heavy atom. The van der Waals surface area contributed by atoms with Gasteiger partial charge in [-0.25, -0.2) is 9.37 Å². The van der Waals surface area contributed by atoms with Crippen LogP contribution in [0.2, 0.25) is 0 Å². The fraction of sp³-hybridized carbons (Fsp3) is 0.471. The zero-order valence-corrected chi connectivity index (χ0v) is 13.6. The van der Waals surface area contributed by atoms with Crippen LogP contribution in [0.15, 0.2) is 18.2 Å². The third-order valence-electron chi connectivity index (χ3n) is 3.82. The van der Waals surface area contributed by atoms with E-state index in [0.29, 0.717) is 5.56 Å². The van der Waals surface area contributed by atoms with Crippen LogP contribution >= 0.6 is 11.3 Å². The van der Waals surface area contributed by atoms with Gasteiger partial charge in [-0.15, -0.1) is 11.3 Å². The lowest BCUT2D eigenvalue weighted by Crippen LogP contribution is -2.29. The fourth-order valence-corrected chi connectivity index (χ4v) is 4.08. The highest BCUT2D eigenvalue weighted by atomic mass is 32.1. The van der Waals surface area contributed by atoms with E-state index in [2.05, 4.69) is 19.2 Å². The van der Waals surface area contributed by atoms with E-state index in [1.807, 2.05) is 19.1 Å². The van der Waals surface area contributed by atoms with Crippen molar-refractivity contribution in [2.24, 2.45) is 0 Å². The average molecular weight is 304 g/mol. The van der Waals surface area contributed by atoms with Crippen molar-refractivity contribution < 1.29 is 4.39 Å². The molecule has 1 N–H and O–H groups in total. The van der Waals surface area contributed by atoms with Gasteiger partial charge in [-0.3, -0.25) is 0 Å². The summed E-state index contributed by atoms with van der Waals surface area (Å²) in [6.07, 6.45) is 3.39. The van der Waals surface area contributed by atoms with Gasteiger partial charge in [0.05, 0.1) is 11.7 Å². The van der Waals surface area contributed by atoms with Crippen molar-refractivity contribution in [3.63, 3.8) is 0 Å². The lowest BCUT2D eigenvalue weighted by Gasteiger charge is -2.21. The molecule has 3 rings (SSSR count). The number of aryl methyl sites for hydroxylation is 3. The number of nitrogens with zero attached hydrogens (tertiary/aromatic N) is 1. The van der Waals surface area contributed by atoms with Gasteiger partial charge in [-0.05, 0) is 46.1 Å². The van der Waals surface area contributed by atoms with E-state index in [1.165, 1.54) is 17.0 Å². The summed E-state index contributed by atoms with van der Waals surface area (Å²) < 4.78 is 14.3. The summed E-state index contributed by atoms with van der Waals surface area (Å²) in [6.45, 7) is 6.17. The zero-order valence-electron chi connectivity index (χ0n) is 12.7. The Labute approximate surface area is 129 Å². The van der Waals surface area contributed by atoms with Gasteiger partial charge in [0.1, 0.15) is 10.8 Å². The summed E-state index contributed by atoms with van der Waals surface area (Å²) in [4.78, 5) is 6.16. The zero-order chi connectivity index (χ0) is 15.0. The first-order valence-electron chi connectivity index (χ1n) is 7.55. The molecule has 1 aliphatic rings. The first-order chi connectivity index (χ1) is 10.0. The molecule has 4 heteroatoms. The average Bonchev–Trinajstić information content (AvgIpc) is 2.99. The van der Waals surface area contributed by atoms with E-state index in [1.54, 1.807) is 17.4 Å². The van der Waals surface area contributed by atoms with Crippen LogP contribution in [0.3, 0.4) is 0 Å². The molecule has 21 heavy (non-hydrogen) atoms. The van der Waals surface area contributed by atoms with Gasteiger partial charge >= 0.3 is 0 Å². The molecule has 1 aromatic carbocycles. The lowest BCUT2D eigenvalue weighted by atomic mass is 10.0. The predicted octanol–water partition coefficient (Wildman–Crippen LogP) is 4.17. The lowest BCUT2D eigenvalue weighted by molar-refractivity contribution is 0.501. The van der Waals surface area contributed by atoms with E-state index in [0.717, 1.165) is 23.4 Å². The van der Waals surface area contributed by atoms with Crippen molar-refractivity contribution in [3.05, 3.63) is 50.7 Å². The minimum atomic E-state index is -0.158. The summed E-state index contributed by atoms with van der Waals surface area (Å²) in [6, 6.07) is 5.42. The van der Waals surface area contributed by atoms with Crippen LogP contribution in [0.4, 0.5) is 4.39 Å². The van der Waals surface area contributed by atoms with Crippen LogP contribution in [0.1, 0.15) is 53.0 Å². The minimum Gasteiger partial charge on any atom is -0.302 e. The second kappa shape index (κ2) is 5.85. The van der Waals surface area contributed by atoms with Gasteiger partial charge in [0.25, 0.3) is 0 Å². The molecule has 0 saturated carbocycles. The van der Waals surface area contributed by atoms with E-state index >= 15 is 0 Å². The second-order valence-corrected chi connectivity index (χ2v) is 7.17. The van der Waals surface area contributed by atoms with Crippen LogP contribution < -0.4 is 5.32 Å². The number of thiazole rings is 1. The Morgan fingerprint density at radius 1 is 1.29 bits per heavy atom. The number of hydrogen-bond acceptors (Lipinski definition) is 3. The van der Waals surface area contributed by atoms with Gasteiger partial charge in [-0.1, -0.05) is 17.7 Å². The van der Waals surface area contributed by atoms with Gasteiger partial charge < -0.3 is 5.32 Å². The molecule has 112 valence electrons. The summed E-state index contributed by atoms with van der Waals surface area (Å²) in [5, 5.41) is 4.48. The van der Waals surface area contributed by atoms with E-state index < -0.39 is 0 Å². The predicted molar refractivity (Wildman–Crippen MR) is 85.4 cm³/mol. The summed E-state index contributed by atoms with van der Waals surface area (Å²) in [5.74, 6) is -0.158. The Balaban J connectivity index is 2.02. The highest BCUT2D eigenvalue weighted by molar-refractivity contribution is 7.11. The molecule has 0 spiro atoms. The number of aromatic nitrogens is 1. The van der Waals surface area contributed by atoms with Crippen LogP contribution in [0.25, 0.3) is 0 Å². The maximum atomic E-state index is 14.3. The van der Waals surface area contributed by atoms with Crippen LogP contribution in [0, 0.1) is 12.7 Å². The normalized spacial score (nSPS) is 15.5. The third-order valence-corrected chi connectivity index (χ3v) is 5.04. The molecule has 0 fully saturated rings. The van der Waals surface area contributed by atoms with E-state index in [4.69, 9.17) is 4.98 Å². The second-order valence-electron chi connectivity index (χ2n) is 6.05. The first kappa shape index (κ1) is 14.7. The molecule has 0 saturated heterocycles. The van der Waals surface area contributed by atoms with Gasteiger partial charge in [0.2, 0.25) is 0 Å². The fourth-order valence-electron chi connectivity index (χ4n) is 2.85. The maximum Gasteiger partial charge on any atom is 0.128 e. The standard InChI is InChI=1S/C17H21FN2S/c1-10(2)19-16(12-9-11(3)7-8-13(12)18)17-20-14-5-4-6-15(14)21-17/h7-10,16,19H,4-6H2,1-3H3. The first-order valence-corrected chi connectivity index (χ1v) is 8.37. The summed E-state index contributed by atoms with van der Waals surface area (Å²) >= 11 is 1.74. The molecule has 0 aliphatic heterocycles. The topological polar surface area (TPSA) is 24.9 Å². The molecule has 2 nitrogen and oxygen atoms in total. The Hall–Kier alpha value is -1.26. The van der Waals surface area contributed by atoms with Crippen molar-refractivity contribution in [2.45, 2.75) is 52.1 Å². The summed E-state index contributed by atoms with van der Waals surface area (Å²) in [7, 11) is 0. The molecule has 0 radical (unpaired) electrons. The van der Waals surface area contributed by atoms with Crippen molar-refractivity contribution in [3.8, 4) is 0 Å². The molecule has 2 aromatic rings. The number of nitrogens with one attached hydrogen (secondary N) is 1. The number of benzene rings is 1. The number of rotatable bonds is 4. The highest BCUT2D eigenvalue weighted by Gasteiger charge is 2.25. The molecule has 1 heterocycles. The molecular formula is C17H21FN2S. The maximum absolute atomic E-state index is 14.3. The van der Waals surface area contributed by atoms with Crippen molar-refractivity contribution in [1.29, 1.82) is 0 Å². The minimum absolute atomic E-state index is 0.152. The van der Waals surface area contributed by atoms with E-state index in [-0.39, 0.29) is 17.9 Å². The number of fused-ring (bicyclic) bond motifs is 1. The number of halogens is 1. The molecule has 1 unspecified atom stereocenters. The van der Waals surface area contributed by atoms with Crippen LogP contribution in [-0.4, -0.2) is 11.0 Å². The summed E-state index contributed by atoms with van der Waals surface area (Å²) in [5.41, 5.74) is 3.00. The largest absolute Gasteiger partial charge is 0.302 e. The van der Waals surface area contributed by atoms with Crippen molar-refractivity contribution in [2.75, 3.05) is 0 Å². The Kier molecular flexibility index (Phi) is 4.09. The molecule has 0 bridgehead atoms. The molecule has 1 atom stereocenters. The molecular weight excluding hydrogens is 283 g/mol. The molecule has 0 amide bonds. The van der Waals surface area contributed by atoms with Crippen molar-refractivity contribution in [1.82, 2.24) is 10.3 Å². The smallest absolute Gasteiger partial charge is 0.128 e. The quantitative estimate of drug-likeness (QED) is 0.917. The highest BCUT2D eigenvalue weighted by Crippen LogP contribution is 2.34. The molecule has 1 aliphatic carbocycles. The van der Waals surface area contributed by atoms with Crippen LogP contribution in [0.5, 0.6) is 0 Å². The van der Waals surface area contributed by atoms with Gasteiger partial charge in [0, 0.05) is 16.5 Å². The Morgan fingerprint density at radius 3 is 2.81 bits per heavy atom. The Bertz CT molecular complexity index is 627. The number of hydrogen-bond donors (Lipinski definition) is 1. The monoisotopic (exact) mass is 304 g/mol. The SMILES string of the molecule is Cc1ccc(F)c(C(NC(C)C)c2nc3c(s2)CCC3)c1. The van der Waals surface area contributed by atoms with Crippen molar-refractivity contribution >= 4 is 11.3 Å².